The predicted octanol–water partition coefficient (Wildman–Crippen LogP) is 3.29. The van der Waals surface area contributed by atoms with Crippen molar-refractivity contribution in [3.05, 3.63) is 22.2 Å². The van der Waals surface area contributed by atoms with Crippen molar-refractivity contribution in [1.29, 1.82) is 0 Å². The molecule has 1 N–H and O–H groups in total. The smallest absolute Gasteiger partial charge is 0.231 e. The zero-order valence-electron chi connectivity index (χ0n) is 10.3. The standard InChI is InChI=1S/C13H17ClO3/c1-7(2)11-12(8(3)5-15)9(14)4-10-13(11)17-6-16-10/h4,7-8,15H,5-6H2,1-3H3. The molecule has 0 amide bonds. The van der Waals surface area contributed by atoms with Crippen LogP contribution in [0.3, 0.4) is 0 Å². The Labute approximate surface area is 106 Å². The van der Waals surface area contributed by atoms with Crippen LogP contribution in [0.5, 0.6) is 11.5 Å². The Balaban J connectivity index is 2.64. The van der Waals surface area contributed by atoms with Crippen LogP contribution in [0.2, 0.25) is 5.02 Å². The summed E-state index contributed by atoms with van der Waals surface area (Å²) in [6, 6.07) is 1.78. The van der Waals surface area contributed by atoms with Gasteiger partial charge in [-0.2, -0.15) is 0 Å². The van der Waals surface area contributed by atoms with Crippen LogP contribution >= 0.6 is 11.6 Å². The molecule has 17 heavy (non-hydrogen) atoms. The zero-order valence-corrected chi connectivity index (χ0v) is 11.0. The number of aliphatic hydroxyl groups excluding tert-OH is 1. The molecule has 0 aromatic heterocycles. The number of rotatable bonds is 3. The third kappa shape index (κ3) is 2.09. The molecule has 1 unspecified atom stereocenters. The first-order valence-electron chi connectivity index (χ1n) is 5.79. The second-order valence-electron chi connectivity index (χ2n) is 4.66. The molecule has 2 rings (SSSR count). The van der Waals surface area contributed by atoms with Crippen molar-refractivity contribution in [3.8, 4) is 11.5 Å². The summed E-state index contributed by atoms with van der Waals surface area (Å²) in [7, 11) is 0. The SMILES string of the molecule is CC(C)c1c2c(cc(Cl)c1C(C)CO)OCO2. The fourth-order valence-electron chi connectivity index (χ4n) is 2.22. The van der Waals surface area contributed by atoms with Gasteiger partial charge in [-0.1, -0.05) is 32.4 Å². The summed E-state index contributed by atoms with van der Waals surface area (Å²) in [6.45, 7) is 6.43. The maximum Gasteiger partial charge on any atom is 0.231 e. The van der Waals surface area contributed by atoms with E-state index in [4.69, 9.17) is 21.1 Å². The lowest BCUT2D eigenvalue weighted by molar-refractivity contribution is 0.173. The third-order valence-corrected chi connectivity index (χ3v) is 3.35. The van der Waals surface area contributed by atoms with Gasteiger partial charge < -0.3 is 14.6 Å². The Kier molecular flexibility index (Phi) is 3.50. The molecule has 0 bridgehead atoms. The molecule has 1 aliphatic rings. The van der Waals surface area contributed by atoms with Crippen LogP contribution in [0.4, 0.5) is 0 Å². The summed E-state index contributed by atoms with van der Waals surface area (Å²) in [4.78, 5) is 0. The van der Waals surface area contributed by atoms with Crippen molar-refractivity contribution in [2.24, 2.45) is 0 Å². The van der Waals surface area contributed by atoms with Gasteiger partial charge in [-0.3, -0.25) is 0 Å². The molecule has 3 nitrogen and oxygen atoms in total. The van der Waals surface area contributed by atoms with Crippen LogP contribution < -0.4 is 9.47 Å². The lowest BCUT2D eigenvalue weighted by Crippen LogP contribution is -2.07. The van der Waals surface area contributed by atoms with E-state index in [-0.39, 0.29) is 25.2 Å². The molecule has 1 atom stereocenters. The minimum atomic E-state index is -0.00519. The first-order valence-corrected chi connectivity index (χ1v) is 6.16. The highest BCUT2D eigenvalue weighted by Gasteiger charge is 2.27. The number of fused-ring (bicyclic) bond motifs is 1. The molecule has 1 aliphatic heterocycles. The number of benzene rings is 1. The van der Waals surface area contributed by atoms with E-state index in [0.29, 0.717) is 10.8 Å². The Morgan fingerprint density at radius 1 is 1.29 bits per heavy atom. The zero-order chi connectivity index (χ0) is 12.6. The number of aliphatic hydroxyl groups is 1. The van der Waals surface area contributed by atoms with E-state index in [1.165, 1.54) is 0 Å². The highest BCUT2D eigenvalue weighted by Crippen LogP contribution is 2.46. The van der Waals surface area contributed by atoms with Crippen LogP contribution in [0.1, 0.15) is 43.7 Å². The van der Waals surface area contributed by atoms with Crippen LogP contribution in [-0.2, 0) is 0 Å². The van der Waals surface area contributed by atoms with Crippen LogP contribution in [0, 0.1) is 0 Å². The number of hydrogen-bond donors (Lipinski definition) is 1. The lowest BCUT2D eigenvalue weighted by atomic mass is 9.89. The van der Waals surface area contributed by atoms with Gasteiger partial charge in [-0.05, 0) is 11.5 Å². The van der Waals surface area contributed by atoms with Gasteiger partial charge in [0, 0.05) is 29.2 Å². The monoisotopic (exact) mass is 256 g/mol. The quantitative estimate of drug-likeness (QED) is 0.902. The topological polar surface area (TPSA) is 38.7 Å². The van der Waals surface area contributed by atoms with Crippen LogP contribution in [0.25, 0.3) is 0 Å². The summed E-state index contributed by atoms with van der Waals surface area (Å²) >= 11 is 6.28. The maximum atomic E-state index is 9.34. The van der Waals surface area contributed by atoms with Crippen LogP contribution in [0.15, 0.2) is 6.07 Å². The minimum absolute atomic E-state index is 0.00519. The van der Waals surface area contributed by atoms with Gasteiger partial charge in [0.25, 0.3) is 0 Å². The number of ether oxygens (including phenoxy) is 2. The van der Waals surface area contributed by atoms with E-state index in [9.17, 15) is 5.11 Å². The molecule has 0 saturated carbocycles. The summed E-state index contributed by atoms with van der Waals surface area (Å²) in [5.41, 5.74) is 2.01. The van der Waals surface area contributed by atoms with Gasteiger partial charge in [0.15, 0.2) is 11.5 Å². The first-order chi connectivity index (χ1) is 8.06. The summed E-state index contributed by atoms with van der Waals surface area (Å²) in [5.74, 6) is 1.75. The fraction of sp³-hybridized carbons (Fsp3) is 0.538. The van der Waals surface area contributed by atoms with E-state index in [0.717, 1.165) is 16.9 Å². The maximum absolute atomic E-state index is 9.34. The van der Waals surface area contributed by atoms with Gasteiger partial charge >= 0.3 is 0 Å². The molecule has 0 saturated heterocycles. The van der Waals surface area contributed by atoms with E-state index in [1.54, 1.807) is 6.07 Å². The summed E-state index contributed by atoms with van der Waals surface area (Å²) in [6.07, 6.45) is 0. The Morgan fingerprint density at radius 2 is 2.00 bits per heavy atom. The van der Waals surface area contributed by atoms with Gasteiger partial charge in [0.2, 0.25) is 6.79 Å². The number of halogens is 1. The average Bonchev–Trinajstić information content (AvgIpc) is 2.73. The van der Waals surface area contributed by atoms with E-state index >= 15 is 0 Å². The highest BCUT2D eigenvalue weighted by molar-refractivity contribution is 6.31. The van der Waals surface area contributed by atoms with Gasteiger partial charge in [0.05, 0.1) is 0 Å². The molecule has 0 fully saturated rings. The highest BCUT2D eigenvalue weighted by atomic mass is 35.5. The van der Waals surface area contributed by atoms with Crippen molar-refractivity contribution in [3.63, 3.8) is 0 Å². The first kappa shape index (κ1) is 12.5. The molecule has 1 aromatic rings. The van der Waals surface area contributed by atoms with Gasteiger partial charge in [-0.25, -0.2) is 0 Å². The van der Waals surface area contributed by atoms with E-state index in [2.05, 4.69) is 13.8 Å². The molecule has 0 radical (unpaired) electrons. The molecule has 1 heterocycles. The normalized spacial score (nSPS) is 15.4. The molecule has 0 aliphatic carbocycles. The molecule has 1 aromatic carbocycles. The number of hydrogen-bond acceptors (Lipinski definition) is 3. The van der Waals surface area contributed by atoms with E-state index in [1.807, 2.05) is 6.92 Å². The Hall–Kier alpha value is -0.930. The third-order valence-electron chi connectivity index (χ3n) is 3.04. The minimum Gasteiger partial charge on any atom is -0.454 e. The van der Waals surface area contributed by atoms with Crippen molar-refractivity contribution in [2.45, 2.75) is 32.6 Å². The molecule has 94 valence electrons. The fourth-order valence-corrected chi connectivity index (χ4v) is 2.60. The summed E-state index contributed by atoms with van der Waals surface area (Å²) in [5, 5.41) is 9.98. The lowest BCUT2D eigenvalue weighted by Gasteiger charge is -2.20. The average molecular weight is 257 g/mol. The Bertz CT molecular complexity index is 429. The Morgan fingerprint density at radius 3 is 2.59 bits per heavy atom. The van der Waals surface area contributed by atoms with Crippen molar-refractivity contribution >= 4 is 11.6 Å². The largest absolute Gasteiger partial charge is 0.454 e. The second kappa shape index (κ2) is 4.75. The molecule has 0 spiro atoms. The van der Waals surface area contributed by atoms with Crippen molar-refractivity contribution in [1.82, 2.24) is 0 Å². The predicted molar refractivity (Wildman–Crippen MR) is 67.2 cm³/mol. The summed E-state index contributed by atoms with van der Waals surface area (Å²) < 4.78 is 10.9. The van der Waals surface area contributed by atoms with Crippen molar-refractivity contribution in [2.75, 3.05) is 13.4 Å². The molecule has 4 heteroatoms. The van der Waals surface area contributed by atoms with Crippen molar-refractivity contribution < 1.29 is 14.6 Å². The van der Waals surface area contributed by atoms with Gasteiger partial charge in [0.1, 0.15) is 0 Å². The van der Waals surface area contributed by atoms with Crippen LogP contribution in [-0.4, -0.2) is 18.5 Å². The van der Waals surface area contributed by atoms with E-state index < -0.39 is 0 Å². The van der Waals surface area contributed by atoms with Gasteiger partial charge in [-0.15, -0.1) is 0 Å². The molecular weight excluding hydrogens is 240 g/mol. The second-order valence-corrected chi connectivity index (χ2v) is 5.07. The molecular formula is C13H17ClO3.